The summed E-state index contributed by atoms with van der Waals surface area (Å²) in [6.45, 7) is 0. The lowest BCUT2D eigenvalue weighted by Crippen LogP contribution is -2.21. The van der Waals surface area contributed by atoms with Gasteiger partial charge in [0.1, 0.15) is 6.07 Å². The number of carbonyl (C=O) groups is 1. The Morgan fingerprint density at radius 2 is 2.38 bits per heavy atom. The number of ether oxygens (including phenoxy) is 1. The maximum Gasteiger partial charge on any atom is 0.359 e. The second-order valence-corrected chi connectivity index (χ2v) is 3.89. The van der Waals surface area contributed by atoms with E-state index in [-0.39, 0.29) is 11.4 Å². The van der Waals surface area contributed by atoms with Gasteiger partial charge in [-0.25, -0.2) is 4.79 Å². The molecule has 1 aromatic heterocycles. The highest BCUT2D eigenvalue weighted by molar-refractivity contribution is 6.45. The zero-order valence-electron chi connectivity index (χ0n) is 11.0. The molecule has 0 saturated carbocycles. The highest BCUT2D eigenvalue weighted by Gasteiger charge is 2.17. The van der Waals surface area contributed by atoms with Gasteiger partial charge in [-0.3, -0.25) is 15.9 Å². The van der Waals surface area contributed by atoms with E-state index in [0.717, 1.165) is 0 Å². The van der Waals surface area contributed by atoms with Crippen LogP contribution in [0.2, 0.25) is 0 Å². The van der Waals surface area contributed by atoms with Crippen molar-refractivity contribution in [2.45, 2.75) is 0 Å². The Bertz CT molecular complexity index is 784. The number of aromatic amines is 1. The van der Waals surface area contributed by atoms with E-state index in [9.17, 15) is 4.79 Å². The Morgan fingerprint density at radius 3 is 3.00 bits per heavy atom. The normalized spacial score (nSPS) is 11.0. The molecule has 0 atom stereocenters. The van der Waals surface area contributed by atoms with Crippen LogP contribution in [0, 0.1) is 16.7 Å². The van der Waals surface area contributed by atoms with Crippen molar-refractivity contribution in [3.05, 3.63) is 23.9 Å². The smallest absolute Gasteiger partial charge is 0.359 e. The van der Waals surface area contributed by atoms with Gasteiger partial charge < -0.3 is 10.5 Å². The van der Waals surface area contributed by atoms with Gasteiger partial charge in [0.2, 0.25) is 5.71 Å². The molecule has 0 aliphatic heterocycles. The molecule has 1 aromatic carbocycles. The van der Waals surface area contributed by atoms with Crippen LogP contribution in [0.5, 0.6) is 0 Å². The number of benzene rings is 1. The fourth-order valence-electron chi connectivity index (χ4n) is 1.67. The average molecular weight is 285 g/mol. The van der Waals surface area contributed by atoms with E-state index in [2.05, 4.69) is 25.5 Å². The number of rotatable bonds is 4. The lowest BCUT2D eigenvalue weighted by atomic mass is 10.1. The van der Waals surface area contributed by atoms with Crippen molar-refractivity contribution in [2.75, 3.05) is 12.5 Å². The van der Waals surface area contributed by atoms with Crippen LogP contribution in [0.3, 0.4) is 0 Å². The van der Waals surface area contributed by atoms with Crippen LogP contribution in [-0.2, 0) is 4.74 Å². The van der Waals surface area contributed by atoms with Crippen molar-refractivity contribution in [1.82, 2.24) is 10.2 Å². The van der Waals surface area contributed by atoms with E-state index in [1.807, 2.05) is 0 Å². The number of amidine groups is 1. The van der Waals surface area contributed by atoms with Crippen LogP contribution in [-0.4, -0.2) is 34.8 Å². The van der Waals surface area contributed by atoms with Gasteiger partial charge in [-0.15, -0.1) is 0 Å². The number of fused-ring (bicyclic) bond motifs is 1. The standard InChI is InChI=1S/C12H11N7O2/c1-21-12(20)10-9-6(3-2-4-7(9)17-19-10)16-18-8(5-13)11(14)15/h2-4,16H,1H3,(H3,14,15)(H,17,19)/b18-8+. The van der Waals surface area contributed by atoms with Gasteiger partial charge >= 0.3 is 5.97 Å². The fourth-order valence-corrected chi connectivity index (χ4v) is 1.67. The number of carbonyl (C=O) groups excluding carboxylic acids is 1. The highest BCUT2D eigenvalue weighted by Crippen LogP contribution is 2.25. The molecule has 9 nitrogen and oxygen atoms in total. The molecule has 9 heteroatoms. The van der Waals surface area contributed by atoms with E-state index in [1.165, 1.54) is 7.11 Å². The van der Waals surface area contributed by atoms with E-state index in [1.54, 1.807) is 24.3 Å². The van der Waals surface area contributed by atoms with Gasteiger partial charge in [0.25, 0.3) is 0 Å². The summed E-state index contributed by atoms with van der Waals surface area (Å²) < 4.78 is 4.65. The van der Waals surface area contributed by atoms with Crippen molar-refractivity contribution >= 4 is 34.1 Å². The summed E-state index contributed by atoms with van der Waals surface area (Å²) in [7, 11) is 1.25. The quantitative estimate of drug-likeness (QED) is 0.279. The Balaban J connectivity index is 2.50. The molecule has 1 heterocycles. The Labute approximate surface area is 118 Å². The summed E-state index contributed by atoms with van der Waals surface area (Å²) in [5.74, 6) is -1.07. The third kappa shape index (κ3) is 2.64. The van der Waals surface area contributed by atoms with Crippen molar-refractivity contribution in [2.24, 2.45) is 10.8 Å². The van der Waals surface area contributed by atoms with Crippen molar-refractivity contribution in [3.63, 3.8) is 0 Å². The number of H-pyrrole nitrogens is 1. The molecule has 0 unspecified atom stereocenters. The van der Waals surface area contributed by atoms with Gasteiger partial charge in [-0.1, -0.05) is 6.07 Å². The predicted molar refractivity (Wildman–Crippen MR) is 76.0 cm³/mol. The first kappa shape index (κ1) is 14.0. The Kier molecular flexibility index (Phi) is 3.80. The zero-order chi connectivity index (χ0) is 15.4. The number of aromatic nitrogens is 2. The molecule has 0 aliphatic rings. The summed E-state index contributed by atoms with van der Waals surface area (Å²) in [5, 5.41) is 26.8. The first-order valence-electron chi connectivity index (χ1n) is 5.72. The molecular weight excluding hydrogens is 274 g/mol. The molecule has 106 valence electrons. The lowest BCUT2D eigenvalue weighted by Gasteiger charge is -2.04. The van der Waals surface area contributed by atoms with Crippen LogP contribution in [0.1, 0.15) is 10.5 Å². The Hall–Kier alpha value is -3.41. The third-order valence-corrected chi connectivity index (χ3v) is 2.62. The minimum atomic E-state index is -0.605. The molecule has 0 bridgehead atoms. The van der Waals surface area contributed by atoms with E-state index in [0.29, 0.717) is 16.6 Å². The largest absolute Gasteiger partial charge is 0.464 e. The predicted octanol–water partition coefficient (Wildman–Crippen LogP) is 0.577. The fraction of sp³-hybridized carbons (Fsp3) is 0.0833. The zero-order valence-corrected chi connectivity index (χ0v) is 11.0. The lowest BCUT2D eigenvalue weighted by molar-refractivity contribution is 0.0596. The molecule has 0 fully saturated rings. The second kappa shape index (κ2) is 5.70. The summed E-state index contributed by atoms with van der Waals surface area (Å²) in [5.41, 5.74) is 8.65. The maximum atomic E-state index is 11.7. The number of nitrogens with two attached hydrogens (primary N) is 1. The molecule has 5 N–H and O–H groups in total. The van der Waals surface area contributed by atoms with Gasteiger partial charge in [0.05, 0.1) is 23.7 Å². The number of nitriles is 1. The third-order valence-electron chi connectivity index (χ3n) is 2.62. The number of esters is 1. The van der Waals surface area contributed by atoms with Crippen LogP contribution in [0.4, 0.5) is 5.69 Å². The van der Waals surface area contributed by atoms with Gasteiger partial charge in [-0.05, 0) is 12.1 Å². The SMILES string of the molecule is COC(=O)c1n[nH]c2cccc(N/N=C(\C#N)C(=N)N)c12. The van der Waals surface area contributed by atoms with Crippen molar-refractivity contribution in [1.29, 1.82) is 10.7 Å². The minimum absolute atomic E-state index is 0.0899. The molecule has 21 heavy (non-hydrogen) atoms. The molecule has 0 spiro atoms. The van der Waals surface area contributed by atoms with E-state index >= 15 is 0 Å². The number of nitrogens with one attached hydrogen (secondary N) is 3. The summed E-state index contributed by atoms with van der Waals surface area (Å²) in [4.78, 5) is 11.7. The molecule has 0 amide bonds. The monoisotopic (exact) mass is 285 g/mol. The van der Waals surface area contributed by atoms with Crippen molar-refractivity contribution < 1.29 is 9.53 Å². The minimum Gasteiger partial charge on any atom is -0.464 e. The van der Waals surface area contributed by atoms with Crippen LogP contribution in [0.15, 0.2) is 23.3 Å². The van der Waals surface area contributed by atoms with Crippen LogP contribution in [0.25, 0.3) is 10.9 Å². The Morgan fingerprint density at radius 1 is 1.62 bits per heavy atom. The molecular formula is C12H11N7O2. The van der Waals surface area contributed by atoms with Gasteiger partial charge in [0, 0.05) is 0 Å². The molecule has 0 aliphatic carbocycles. The number of anilines is 1. The van der Waals surface area contributed by atoms with E-state index < -0.39 is 11.8 Å². The highest BCUT2D eigenvalue weighted by atomic mass is 16.5. The first-order valence-corrected chi connectivity index (χ1v) is 5.72. The second-order valence-electron chi connectivity index (χ2n) is 3.89. The maximum absolute atomic E-state index is 11.7. The van der Waals surface area contributed by atoms with Crippen LogP contribution < -0.4 is 11.2 Å². The summed E-state index contributed by atoms with van der Waals surface area (Å²) in [6.07, 6.45) is 0. The summed E-state index contributed by atoms with van der Waals surface area (Å²) >= 11 is 0. The first-order chi connectivity index (χ1) is 10.1. The molecule has 2 rings (SSSR count). The van der Waals surface area contributed by atoms with Gasteiger partial charge in [0.15, 0.2) is 11.5 Å². The number of methoxy groups -OCH3 is 1. The molecule has 0 saturated heterocycles. The number of hydrogen-bond acceptors (Lipinski definition) is 7. The van der Waals surface area contributed by atoms with Crippen molar-refractivity contribution in [3.8, 4) is 6.07 Å². The molecule has 0 radical (unpaired) electrons. The number of hydrogen-bond donors (Lipinski definition) is 4. The average Bonchev–Trinajstić information content (AvgIpc) is 2.91. The van der Waals surface area contributed by atoms with Crippen LogP contribution >= 0.6 is 0 Å². The summed E-state index contributed by atoms with van der Waals surface area (Å²) in [6, 6.07) is 6.76. The van der Waals surface area contributed by atoms with Gasteiger partial charge in [-0.2, -0.15) is 15.5 Å². The molecule has 2 aromatic rings. The number of hydrazone groups is 1. The van der Waals surface area contributed by atoms with E-state index in [4.69, 9.17) is 16.4 Å². The number of nitrogens with zero attached hydrogens (tertiary/aromatic N) is 3. The topological polar surface area (TPSA) is 153 Å².